The third kappa shape index (κ3) is 3.13. The summed E-state index contributed by atoms with van der Waals surface area (Å²) < 4.78 is 96.3. The normalized spacial score (nSPS) is 17.4. The van der Waals surface area contributed by atoms with Gasteiger partial charge in [0.25, 0.3) is 0 Å². The number of hydrogen-bond acceptors (Lipinski definition) is 2. The molecule has 0 heterocycles. The van der Waals surface area contributed by atoms with Crippen molar-refractivity contribution < 1.29 is 44.7 Å². The van der Waals surface area contributed by atoms with Crippen molar-refractivity contribution in [2.45, 2.75) is 18.3 Å². The highest BCUT2D eigenvalue weighted by Gasteiger charge is 2.67. The number of rotatable bonds is 4. The number of halogens is 8. The molecule has 10 heteroatoms. The van der Waals surface area contributed by atoms with Gasteiger partial charge in [-0.15, -0.1) is 0 Å². The molecule has 0 saturated carbocycles. The van der Waals surface area contributed by atoms with Gasteiger partial charge in [0.05, 0.1) is 0 Å². The minimum Gasteiger partial charge on any atom is -0.303 e. The molecule has 0 fully saturated rings. The zero-order valence-corrected chi connectivity index (χ0v) is 7.65. The summed E-state index contributed by atoms with van der Waals surface area (Å²) in [4.78, 5) is 20.0. The molecule has 0 spiro atoms. The molecular weight excluding hydrogens is 268 g/mol. The Bertz CT molecular complexity index is 291. The van der Waals surface area contributed by atoms with Crippen molar-refractivity contribution in [3.63, 3.8) is 0 Å². The van der Waals surface area contributed by atoms with Crippen molar-refractivity contribution in [2.75, 3.05) is 0 Å². The standard InChI is InChI=1S/C7H4F8O2/c8-5(9,7(13,14)15)3(1-16)4(2-17)6(10,11)12/h1-4H. The van der Waals surface area contributed by atoms with Crippen LogP contribution in [0.1, 0.15) is 0 Å². The molecule has 0 amide bonds. The van der Waals surface area contributed by atoms with Crippen molar-refractivity contribution in [3.8, 4) is 0 Å². The van der Waals surface area contributed by atoms with E-state index in [-0.39, 0.29) is 0 Å². The Kier molecular flexibility index (Phi) is 4.24. The zero-order chi connectivity index (χ0) is 14.1. The van der Waals surface area contributed by atoms with Gasteiger partial charge in [-0.2, -0.15) is 35.1 Å². The van der Waals surface area contributed by atoms with E-state index in [0.29, 0.717) is 0 Å². The maximum Gasteiger partial charge on any atom is 0.454 e. The van der Waals surface area contributed by atoms with Crippen LogP contribution in [-0.2, 0) is 9.59 Å². The Balaban J connectivity index is 5.48. The van der Waals surface area contributed by atoms with Crippen LogP contribution in [0.4, 0.5) is 35.1 Å². The Morgan fingerprint density at radius 3 is 1.24 bits per heavy atom. The van der Waals surface area contributed by atoms with Gasteiger partial charge in [0.1, 0.15) is 24.4 Å². The number of aldehydes is 2. The fraction of sp³-hybridized carbons (Fsp3) is 0.714. The van der Waals surface area contributed by atoms with Gasteiger partial charge < -0.3 is 9.59 Å². The molecule has 0 aliphatic rings. The molecule has 2 unspecified atom stereocenters. The molecule has 0 aliphatic carbocycles. The average Bonchev–Trinajstić information content (AvgIpc) is 2.09. The largest absolute Gasteiger partial charge is 0.454 e. The van der Waals surface area contributed by atoms with Gasteiger partial charge in [-0.1, -0.05) is 0 Å². The Morgan fingerprint density at radius 2 is 1.06 bits per heavy atom. The maximum absolute atomic E-state index is 12.5. The molecule has 2 atom stereocenters. The van der Waals surface area contributed by atoms with Crippen LogP contribution >= 0.6 is 0 Å². The Labute approximate surface area is 88.6 Å². The summed E-state index contributed by atoms with van der Waals surface area (Å²) in [5.41, 5.74) is 0. The summed E-state index contributed by atoms with van der Waals surface area (Å²) in [6, 6.07) is 0. The van der Waals surface area contributed by atoms with Gasteiger partial charge in [-0.3, -0.25) is 0 Å². The van der Waals surface area contributed by atoms with Crippen LogP contribution in [-0.4, -0.2) is 30.8 Å². The molecule has 100 valence electrons. The predicted octanol–water partition coefficient (Wildman–Crippen LogP) is 2.38. The molecule has 0 bridgehead atoms. The molecule has 17 heavy (non-hydrogen) atoms. The van der Waals surface area contributed by atoms with Crippen LogP contribution in [0.5, 0.6) is 0 Å². The quantitative estimate of drug-likeness (QED) is 0.581. The number of alkyl halides is 8. The molecule has 0 aromatic rings. The number of hydrogen-bond donors (Lipinski definition) is 0. The first-order valence-electron chi connectivity index (χ1n) is 3.81. The van der Waals surface area contributed by atoms with Gasteiger partial charge in [-0.05, 0) is 0 Å². The topological polar surface area (TPSA) is 34.1 Å². The molecule has 0 aromatic carbocycles. The Morgan fingerprint density at radius 1 is 0.706 bits per heavy atom. The van der Waals surface area contributed by atoms with Gasteiger partial charge >= 0.3 is 18.3 Å². The summed E-state index contributed by atoms with van der Waals surface area (Å²) in [7, 11) is 0. The molecule has 0 saturated heterocycles. The van der Waals surface area contributed by atoms with E-state index in [4.69, 9.17) is 0 Å². The molecule has 0 N–H and O–H groups in total. The van der Waals surface area contributed by atoms with E-state index < -0.39 is 42.7 Å². The molecule has 0 rings (SSSR count). The van der Waals surface area contributed by atoms with Gasteiger partial charge in [-0.25, -0.2) is 0 Å². The van der Waals surface area contributed by atoms with Gasteiger partial charge in [0, 0.05) is 0 Å². The zero-order valence-electron chi connectivity index (χ0n) is 7.65. The lowest BCUT2D eigenvalue weighted by Gasteiger charge is -2.29. The van der Waals surface area contributed by atoms with Gasteiger partial charge in [0.2, 0.25) is 0 Å². The predicted molar refractivity (Wildman–Crippen MR) is 36.2 cm³/mol. The van der Waals surface area contributed by atoms with Crippen LogP contribution in [0.3, 0.4) is 0 Å². The lowest BCUT2D eigenvalue weighted by molar-refractivity contribution is -0.312. The van der Waals surface area contributed by atoms with E-state index >= 15 is 0 Å². The summed E-state index contributed by atoms with van der Waals surface area (Å²) >= 11 is 0. The first-order chi connectivity index (χ1) is 7.39. The van der Waals surface area contributed by atoms with Crippen molar-refractivity contribution in [3.05, 3.63) is 0 Å². The minimum absolute atomic E-state index is 1.15. The van der Waals surface area contributed by atoms with Crippen LogP contribution in [0, 0.1) is 11.8 Å². The lowest BCUT2D eigenvalue weighted by Crippen LogP contribution is -2.51. The van der Waals surface area contributed by atoms with Crippen LogP contribution < -0.4 is 0 Å². The third-order valence-electron chi connectivity index (χ3n) is 1.85. The second kappa shape index (κ2) is 4.57. The molecule has 0 aromatic heterocycles. The SMILES string of the molecule is O=CC(C(C=O)C(F)(F)C(F)(F)F)C(F)(F)F. The van der Waals surface area contributed by atoms with Crippen LogP contribution in [0.2, 0.25) is 0 Å². The summed E-state index contributed by atoms with van der Waals surface area (Å²) in [5.74, 6) is -13.5. The second-order valence-electron chi connectivity index (χ2n) is 2.99. The van der Waals surface area contributed by atoms with Crippen molar-refractivity contribution in [2.24, 2.45) is 11.8 Å². The number of carbonyl (C=O) groups excluding carboxylic acids is 2. The molecule has 0 aliphatic heterocycles. The molecule has 0 radical (unpaired) electrons. The number of carbonyl (C=O) groups is 2. The summed E-state index contributed by atoms with van der Waals surface area (Å²) in [6.45, 7) is 0. The van der Waals surface area contributed by atoms with Crippen LogP contribution in [0.25, 0.3) is 0 Å². The van der Waals surface area contributed by atoms with Crippen molar-refractivity contribution in [1.82, 2.24) is 0 Å². The minimum atomic E-state index is -6.36. The smallest absolute Gasteiger partial charge is 0.303 e. The average molecular weight is 272 g/mol. The van der Waals surface area contributed by atoms with E-state index in [1.165, 1.54) is 0 Å². The van der Waals surface area contributed by atoms with E-state index in [2.05, 4.69) is 0 Å². The first kappa shape index (κ1) is 15.8. The van der Waals surface area contributed by atoms with E-state index in [1.54, 1.807) is 0 Å². The lowest BCUT2D eigenvalue weighted by atomic mass is 9.88. The highest BCUT2D eigenvalue weighted by molar-refractivity contribution is 5.67. The fourth-order valence-electron chi connectivity index (χ4n) is 0.950. The van der Waals surface area contributed by atoms with E-state index in [0.717, 1.165) is 0 Å². The van der Waals surface area contributed by atoms with Crippen molar-refractivity contribution in [1.29, 1.82) is 0 Å². The van der Waals surface area contributed by atoms with Gasteiger partial charge in [0.15, 0.2) is 0 Å². The fourth-order valence-corrected chi connectivity index (χ4v) is 0.950. The highest BCUT2D eigenvalue weighted by atomic mass is 19.4. The summed E-state index contributed by atoms with van der Waals surface area (Å²) in [5, 5.41) is 0. The highest BCUT2D eigenvalue weighted by Crippen LogP contribution is 2.46. The molecular formula is C7H4F8O2. The third-order valence-corrected chi connectivity index (χ3v) is 1.85. The summed E-state index contributed by atoms with van der Waals surface area (Å²) in [6.07, 6.45) is -14.4. The van der Waals surface area contributed by atoms with E-state index in [1.807, 2.05) is 0 Å². The van der Waals surface area contributed by atoms with Crippen LogP contribution in [0.15, 0.2) is 0 Å². The Hall–Kier alpha value is -1.22. The molecule has 2 nitrogen and oxygen atoms in total. The maximum atomic E-state index is 12.5. The van der Waals surface area contributed by atoms with E-state index in [9.17, 15) is 44.7 Å². The second-order valence-corrected chi connectivity index (χ2v) is 2.99. The monoisotopic (exact) mass is 272 g/mol. The van der Waals surface area contributed by atoms with Crippen molar-refractivity contribution >= 4 is 12.6 Å². The first-order valence-corrected chi connectivity index (χ1v) is 3.81.